The number of nitrogens with one attached hydrogen (secondary N) is 1. The quantitative estimate of drug-likeness (QED) is 0.818. The van der Waals surface area contributed by atoms with Crippen LogP contribution in [0, 0.1) is 6.92 Å². The van der Waals surface area contributed by atoms with Crippen LogP contribution in [0.1, 0.15) is 17.9 Å². The molecule has 6 heteroatoms. The van der Waals surface area contributed by atoms with Crippen LogP contribution in [-0.2, 0) is 16.0 Å². The first-order valence-corrected chi connectivity index (χ1v) is 8.13. The van der Waals surface area contributed by atoms with Gasteiger partial charge in [-0.25, -0.2) is 4.98 Å². The first-order valence-electron chi connectivity index (χ1n) is 8.13. The predicted octanol–water partition coefficient (Wildman–Crippen LogP) is 1.52. The van der Waals surface area contributed by atoms with Gasteiger partial charge in [-0.3, -0.25) is 9.69 Å². The van der Waals surface area contributed by atoms with Crippen LogP contribution in [0.3, 0.4) is 0 Å². The number of hydrogen-bond donors (Lipinski definition) is 1. The molecule has 23 heavy (non-hydrogen) atoms. The summed E-state index contributed by atoms with van der Waals surface area (Å²) in [5, 5.41) is 2.93. The van der Waals surface area contributed by atoms with E-state index in [9.17, 15) is 4.79 Å². The van der Waals surface area contributed by atoms with Gasteiger partial charge < -0.3 is 14.5 Å². The molecule has 0 atom stereocenters. The molecule has 1 aliphatic heterocycles. The smallest absolute Gasteiger partial charge is 0.229 e. The van der Waals surface area contributed by atoms with Gasteiger partial charge in [0.2, 0.25) is 11.8 Å². The number of fused-ring (bicyclic) bond motifs is 1. The Morgan fingerprint density at radius 2 is 2.17 bits per heavy atom. The summed E-state index contributed by atoms with van der Waals surface area (Å²) in [6, 6.07) is 5.83. The molecule has 0 unspecified atom stereocenters. The van der Waals surface area contributed by atoms with E-state index in [0.29, 0.717) is 12.4 Å². The number of carbonyl (C=O) groups is 1. The van der Waals surface area contributed by atoms with Crippen molar-refractivity contribution in [3.05, 3.63) is 29.7 Å². The second kappa shape index (κ2) is 7.57. The summed E-state index contributed by atoms with van der Waals surface area (Å²) in [7, 11) is 0. The number of hydrogen-bond acceptors (Lipinski definition) is 5. The maximum Gasteiger partial charge on any atom is 0.229 e. The molecule has 2 heterocycles. The van der Waals surface area contributed by atoms with Gasteiger partial charge in [0.1, 0.15) is 11.9 Å². The SMILES string of the molecule is Cc1ccc2oc(CC(=O)NCCCN3CCOCC3)nc2c1. The summed E-state index contributed by atoms with van der Waals surface area (Å²) in [5.41, 5.74) is 2.66. The molecule has 1 aromatic carbocycles. The van der Waals surface area contributed by atoms with Crippen molar-refractivity contribution < 1.29 is 13.9 Å². The van der Waals surface area contributed by atoms with Crippen molar-refractivity contribution in [2.75, 3.05) is 39.4 Å². The monoisotopic (exact) mass is 317 g/mol. The van der Waals surface area contributed by atoms with Crippen LogP contribution < -0.4 is 5.32 Å². The summed E-state index contributed by atoms with van der Waals surface area (Å²) < 4.78 is 10.9. The van der Waals surface area contributed by atoms with Crippen LogP contribution in [0.15, 0.2) is 22.6 Å². The van der Waals surface area contributed by atoms with Crippen molar-refractivity contribution in [1.29, 1.82) is 0 Å². The van der Waals surface area contributed by atoms with E-state index in [1.165, 1.54) is 0 Å². The van der Waals surface area contributed by atoms with E-state index in [0.717, 1.165) is 55.9 Å². The van der Waals surface area contributed by atoms with E-state index in [1.807, 2.05) is 25.1 Å². The molecule has 0 bridgehead atoms. The lowest BCUT2D eigenvalue weighted by Crippen LogP contribution is -2.38. The van der Waals surface area contributed by atoms with Gasteiger partial charge in [-0.05, 0) is 37.6 Å². The molecule has 0 aliphatic carbocycles. The average Bonchev–Trinajstić information content (AvgIpc) is 2.94. The minimum absolute atomic E-state index is 0.0461. The molecule has 0 spiro atoms. The summed E-state index contributed by atoms with van der Waals surface area (Å²) in [4.78, 5) is 18.7. The predicted molar refractivity (Wildman–Crippen MR) is 87.3 cm³/mol. The number of rotatable bonds is 6. The Morgan fingerprint density at radius 1 is 1.35 bits per heavy atom. The van der Waals surface area contributed by atoms with Crippen LogP contribution in [0.4, 0.5) is 0 Å². The van der Waals surface area contributed by atoms with Gasteiger partial charge in [0.25, 0.3) is 0 Å². The Kier molecular flexibility index (Phi) is 5.25. The average molecular weight is 317 g/mol. The zero-order valence-electron chi connectivity index (χ0n) is 13.5. The first-order chi connectivity index (χ1) is 11.2. The van der Waals surface area contributed by atoms with Crippen LogP contribution in [-0.4, -0.2) is 55.2 Å². The van der Waals surface area contributed by atoms with Gasteiger partial charge in [0.05, 0.1) is 13.2 Å². The summed E-state index contributed by atoms with van der Waals surface area (Å²) in [6.07, 6.45) is 1.13. The van der Waals surface area contributed by atoms with Crippen molar-refractivity contribution in [1.82, 2.24) is 15.2 Å². The Labute approximate surface area is 135 Å². The molecule has 2 aromatic rings. The molecule has 0 saturated carbocycles. The van der Waals surface area contributed by atoms with Gasteiger partial charge >= 0.3 is 0 Å². The molecule has 0 radical (unpaired) electrons. The molecule has 3 rings (SSSR count). The Morgan fingerprint density at radius 3 is 3.00 bits per heavy atom. The van der Waals surface area contributed by atoms with Gasteiger partial charge in [0.15, 0.2) is 5.58 Å². The third-order valence-corrected chi connectivity index (χ3v) is 3.98. The van der Waals surface area contributed by atoms with E-state index in [2.05, 4.69) is 15.2 Å². The molecular formula is C17H23N3O3. The third kappa shape index (κ3) is 4.53. The van der Waals surface area contributed by atoms with Crippen molar-refractivity contribution >= 4 is 17.0 Å². The maximum absolute atomic E-state index is 12.0. The highest BCUT2D eigenvalue weighted by molar-refractivity contribution is 5.79. The van der Waals surface area contributed by atoms with Crippen molar-refractivity contribution in [2.24, 2.45) is 0 Å². The molecule has 1 amide bonds. The molecule has 1 fully saturated rings. The molecular weight excluding hydrogens is 294 g/mol. The van der Waals surface area contributed by atoms with Gasteiger partial charge in [-0.1, -0.05) is 6.07 Å². The molecule has 1 saturated heterocycles. The Bertz CT molecular complexity index is 662. The minimum Gasteiger partial charge on any atom is -0.440 e. The molecule has 6 nitrogen and oxygen atoms in total. The maximum atomic E-state index is 12.0. The van der Waals surface area contributed by atoms with Gasteiger partial charge in [-0.2, -0.15) is 0 Å². The number of morpholine rings is 1. The summed E-state index contributed by atoms with van der Waals surface area (Å²) >= 11 is 0. The lowest BCUT2D eigenvalue weighted by molar-refractivity contribution is -0.120. The lowest BCUT2D eigenvalue weighted by atomic mass is 10.2. The highest BCUT2D eigenvalue weighted by atomic mass is 16.5. The highest BCUT2D eigenvalue weighted by Gasteiger charge is 2.12. The Balaban J connectivity index is 1.41. The zero-order valence-corrected chi connectivity index (χ0v) is 13.5. The second-order valence-corrected chi connectivity index (χ2v) is 5.91. The fourth-order valence-electron chi connectivity index (χ4n) is 2.72. The molecule has 124 valence electrons. The normalized spacial score (nSPS) is 15.9. The lowest BCUT2D eigenvalue weighted by Gasteiger charge is -2.26. The number of amides is 1. The van der Waals surface area contributed by atoms with Gasteiger partial charge in [-0.15, -0.1) is 0 Å². The van der Waals surface area contributed by atoms with Crippen LogP contribution in [0.5, 0.6) is 0 Å². The number of benzene rings is 1. The number of aryl methyl sites for hydroxylation is 1. The Hall–Kier alpha value is -1.92. The van der Waals surface area contributed by atoms with Crippen LogP contribution in [0.2, 0.25) is 0 Å². The first kappa shape index (κ1) is 16.0. The van der Waals surface area contributed by atoms with Crippen molar-refractivity contribution in [3.8, 4) is 0 Å². The van der Waals surface area contributed by atoms with Crippen LogP contribution in [0.25, 0.3) is 11.1 Å². The fourth-order valence-corrected chi connectivity index (χ4v) is 2.72. The highest BCUT2D eigenvalue weighted by Crippen LogP contribution is 2.17. The van der Waals surface area contributed by atoms with Crippen molar-refractivity contribution in [3.63, 3.8) is 0 Å². The van der Waals surface area contributed by atoms with E-state index in [4.69, 9.17) is 9.15 Å². The largest absolute Gasteiger partial charge is 0.440 e. The van der Waals surface area contributed by atoms with E-state index < -0.39 is 0 Å². The topological polar surface area (TPSA) is 67.6 Å². The van der Waals surface area contributed by atoms with Gasteiger partial charge in [0, 0.05) is 19.6 Å². The molecule has 1 N–H and O–H groups in total. The standard InChI is InChI=1S/C17H23N3O3/c1-13-3-4-15-14(11-13)19-17(23-15)12-16(21)18-5-2-6-20-7-9-22-10-8-20/h3-4,11H,2,5-10,12H2,1H3,(H,18,21). The number of oxazole rings is 1. The third-order valence-electron chi connectivity index (χ3n) is 3.98. The fraction of sp³-hybridized carbons (Fsp3) is 0.529. The zero-order chi connectivity index (χ0) is 16.1. The number of nitrogens with zero attached hydrogens (tertiary/aromatic N) is 2. The van der Waals surface area contributed by atoms with Crippen molar-refractivity contribution in [2.45, 2.75) is 19.8 Å². The number of aromatic nitrogens is 1. The van der Waals surface area contributed by atoms with E-state index in [1.54, 1.807) is 0 Å². The summed E-state index contributed by atoms with van der Waals surface area (Å²) in [6.45, 7) is 7.26. The van der Waals surface area contributed by atoms with Crippen LogP contribution >= 0.6 is 0 Å². The van der Waals surface area contributed by atoms with E-state index >= 15 is 0 Å². The second-order valence-electron chi connectivity index (χ2n) is 5.91. The number of carbonyl (C=O) groups excluding carboxylic acids is 1. The molecule has 1 aliphatic rings. The number of ether oxygens (including phenoxy) is 1. The molecule has 1 aromatic heterocycles. The summed E-state index contributed by atoms with van der Waals surface area (Å²) in [5.74, 6) is 0.423. The minimum atomic E-state index is -0.0461. The van der Waals surface area contributed by atoms with E-state index in [-0.39, 0.29) is 12.3 Å².